The highest BCUT2D eigenvalue weighted by Crippen LogP contribution is 2.26. The van der Waals surface area contributed by atoms with Crippen molar-refractivity contribution in [2.24, 2.45) is 0 Å². The van der Waals surface area contributed by atoms with Crippen molar-refractivity contribution in [1.82, 2.24) is 0 Å². The monoisotopic (exact) mass is 261 g/mol. The van der Waals surface area contributed by atoms with Crippen LogP contribution in [0.5, 0.6) is 0 Å². The predicted octanol–water partition coefficient (Wildman–Crippen LogP) is 4.55. The second-order valence-electron chi connectivity index (χ2n) is 3.91. The lowest BCUT2D eigenvalue weighted by molar-refractivity contribution is 0.626. The lowest BCUT2D eigenvalue weighted by atomic mass is 10.2. The number of anilines is 1. The summed E-state index contributed by atoms with van der Waals surface area (Å²) in [5.74, 6) is 0.851. The van der Waals surface area contributed by atoms with Gasteiger partial charge in [0.25, 0.3) is 0 Å². The van der Waals surface area contributed by atoms with Crippen molar-refractivity contribution < 1.29 is 4.39 Å². The van der Waals surface area contributed by atoms with Crippen LogP contribution >= 0.6 is 11.8 Å². The van der Waals surface area contributed by atoms with E-state index in [4.69, 9.17) is 0 Å². The Morgan fingerprint density at radius 1 is 1.11 bits per heavy atom. The maximum atomic E-state index is 13.1. The van der Waals surface area contributed by atoms with Crippen molar-refractivity contribution in [1.29, 1.82) is 0 Å². The summed E-state index contributed by atoms with van der Waals surface area (Å²) in [5, 5.41) is 3.35. The van der Waals surface area contributed by atoms with Gasteiger partial charge >= 0.3 is 0 Å². The van der Waals surface area contributed by atoms with Gasteiger partial charge < -0.3 is 5.32 Å². The summed E-state index contributed by atoms with van der Waals surface area (Å²) < 4.78 is 13.1. The molecule has 0 radical (unpaired) electrons. The fourth-order valence-electron chi connectivity index (χ4n) is 1.74. The molecule has 0 heterocycles. The van der Waals surface area contributed by atoms with Crippen LogP contribution in [-0.4, -0.2) is 5.75 Å². The van der Waals surface area contributed by atoms with Crippen molar-refractivity contribution in [2.45, 2.75) is 18.4 Å². The van der Waals surface area contributed by atoms with Gasteiger partial charge in [0.05, 0.1) is 0 Å². The molecule has 0 aliphatic carbocycles. The Labute approximate surface area is 111 Å². The van der Waals surface area contributed by atoms with Crippen molar-refractivity contribution in [2.75, 3.05) is 11.1 Å². The number of halogens is 1. The van der Waals surface area contributed by atoms with Gasteiger partial charge in [-0.1, -0.05) is 31.2 Å². The minimum Gasteiger partial charge on any atom is -0.380 e. The molecule has 94 valence electrons. The quantitative estimate of drug-likeness (QED) is 0.792. The minimum absolute atomic E-state index is 0.189. The van der Waals surface area contributed by atoms with Crippen LogP contribution < -0.4 is 5.32 Å². The Hall–Kier alpha value is -1.48. The molecule has 2 rings (SSSR count). The van der Waals surface area contributed by atoms with Gasteiger partial charge in [-0.15, -0.1) is 11.8 Å². The van der Waals surface area contributed by atoms with Gasteiger partial charge in [-0.05, 0) is 35.6 Å². The highest BCUT2D eigenvalue weighted by molar-refractivity contribution is 7.99. The first-order valence-electron chi connectivity index (χ1n) is 5.99. The molecule has 0 aliphatic rings. The molecule has 1 nitrogen and oxygen atoms in total. The molecule has 0 spiro atoms. The van der Waals surface area contributed by atoms with Crippen molar-refractivity contribution >= 4 is 17.4 Å². The highest BCUT2D eigenvalue weighted by Gasteiger charge is 2.01. The third kappa shape index (κ3) is 3.50. The molecule has 0 aliphatic heterocycles. The number of para-hydroxylation sites is 1. The summed E-state index contributed by atoms with van der Waals surface area (Å²) in [7, 11) is 0. The molecule has 0 saturated heterocycles. The number of hydrogen-bond donors (Lipinski definition) is 1. The van der Waals surface area contributed by atoms with Gasteiger partial charge in [0.1, 0.15) is 5.82 Å². The lowest BCUT2D eigenvalue weighted by Gasteiger charge is -2.11. The molecule has 0 atom stereocenters. The number of benzene rings is 2. The van der Waals surface area contributed by atoms with Crippen molar-refractivity contribution in [3.63, 3.8) is 0 Å². The molecule has 0 aromatic heterocycles. The average molecular weight is 261 g/mol. The summed E-state index contributed by atoms with van der Waals surface area (Å²) in [5.41, 5.74) is 2.06. The fraction of sp³-hybridized carbons (Fsp3) is 0.200. The summed E-state index contributed by atoms with van der Waals surface area (Å²) in [6.45, 7) is 2.77. The van der Waals surface area contributed by atoms with Crippen molar-refractivity contribution in [3.05, 3.63) is 59.9 Å². The molecule has 0 fully saturated rings. The Bertz CT molecular complexity index is 513. The number of thioether (sulfide) groups is 1. The number of nitrogens with one attached hydrogen (secondary N) is 1. The Balaban J connectivity index is 2.06. The molecule has 2 aromatic carbocycles. The largest absolute Gasteiger partial charge is 0.380 e. The van der Waals surface area contributed by atoms with Gasteiger partial charge in [-0.3, -0.25) is 0 Å². The first kappa shape index (κ1) is 13.0. The van der Waals surface area contributed by atoms with E-state index in [1.807, 2.05) is 18.2 Å². The van der Waals surface area contributed by atoms with E-state index in [9.17, 15) is 4.39 Å². The molecule has 2 aromatic rings. The number of hydrogen-bond acceptors (Lipinski definition) is 2. The molecule has 0 saturated carbocycles. The average Bonchev–Trinajstić information content (AvgIpc) is 2.38. The molecular weight excluding hydrogens is 245 g/mol. The van der Waals surface area contributed by atoms with Crippen LogP contribution in [0.1, 0.15) is 12.5 Å². The van der Waals surface area contributed by atoms with Crippen LogP contribution in [0.4, 0.5) is 10.1 Å². The lowest BCUT2D eigenvalue weighted by Crippen LogP contribution is -2.00. The Morgan fingerprint density at radius 2 is 1.94 bits per heavy atom. The molecule has 1 N–H and O–H groups in total. The number of rotatable bonds is 5. The van der Waals surface area contributed by atoms with E-state index in [0.717, 1.165) is 17.0 Å². The zero-order chi connectivity index (χ0) is 12.8. The van der Waals surface area contributed by atoms with Gasteiger partial charge in [-0.25, -0.2) is 4.39 Å². The molecule has 0 bridgehead atoms. The van der Waals surface area contributed by atoms with Crippen molar-refractivity contribution in [3.8, 4) is 0 Å². The maximum absolute atomic E-state index is 13.1. The third-order valence-corrected chi connectivity index (χ3v) is 3.51. The Morgan fingerprint density at radius 3 is 2.72 bits per heavy atom. The maximum Gasteiger partial charge on any atom is 0.123 e. The minimum atomic E-state index is -0.189. The van der Waals surface area contributed by atoms with Gasteiger partial charge in [-0.2, -0.15) is 0 Å². The summed E-state index contributed by atoms with van der Waals surface area (Å²) in [6, 6.07) is 14.9. The van der Waals surface area contributed by atoms with Gasteiger partial charge in [0.2, 0.25) is 0 Å². The van der Waals surface area contributed by atoms with Gasteiger partial charge in [0.15, 0.2) is 0 Å². The molecule has 0 unspecified atom stereocenters. The normalized spacial score (nSPS) is 10.3. The van der Waals surface area contributed by atoms with Crippen LogP contribution in [0.15, 0.2) is 53.4 Å². The first-order chi connectivity index (χ1) is 8.79. The van der Waals surface area contributed by atoms with Gasteiger partial charge in [0, 0.05) is 17.1 Å². The van der Waals surface area contributed by atoms with E-state index in [2.05, 4.69) is 24.4 Å². The second-order valence-corrected chi connectivity index (χ2v) is 5.22. The van der Waals surface area contributed by atoms with E-state index in [1.54, 1.807) is 23.9 Å². The van der Waals surface area contributed by atoms with E-state index < -0.39 is 0 Å². The summed E-state index contributed by atoms with van der Waals surface area (Å²) in [6.07, 6.45) is 0. The van der Waals surface area contributed by atoms with Crippen LogP contribution in [0.3, 0.4) is 0 Å². The Kier molecular flexibility index (Phi) is 4.65. The van der Waals surface area contributed by atoms with E-state index >= 15 is 0 Å². The van der Waals surface area contributed by atoms with E-state index in [-0.39, 0.29) is 5.82 Å². The topological polar surface area (TPSA) is 12.0 Å². The molecular formula is C15H16FNS. The van der Waals surface area contributed by atoms with Crippen LogP contribution in [0, 0.1) is 5.82 Å². The van der Waals surface area contributed by atoms with E-state index in [1.165, 1.54) is 11.0 Å². The second kappa shape index (κ2) is 6.45. The standard InChI is InChI=1S/C15H16FNS/c1-2-18-15-9-4-3-8-14(15)17-11-12-6-5-7-13(16)10-12/h3-10,17H,2,11H2,1H3. The molecule has 0 amide bonds. The fourth-order valence-corrected chi connectivity index (χ4v) is 2.52. The van der Waals surface area contributed by atoms with Crippen LogP contribution in [0.25, 0.3) is 0 Å². The van der Waals surface area contributed by atoms with Crippen LogP contribution in [-0.2, 0) is 6.54 Å². The van der Waals surface area contributed by atoms with Crippen LogP contribution in [0.2, 0.25) is 0 Å². The highest BCUT2D eigenvalue weighted by atomic mass is 32.2. The zero-order valence-electron chi connectivity index (χ0n) is 10.3. The third-order valence-electron chi connectivity index (χ3n) is 2.56. The summed E-state index contributed by atoms with van der Waals surface area (Å²) >= 11 is 1.80. The smallest absolute Gasteiger partial charge is 0.123 e. The SMILES string of the molecule is CCSc1ccccc1NCc1cccc(F)c1. The zero-order valence-corrected chi connectivity index (χ0v) is 11.1. The molecule has 3 heteroatoms. The predicted molar refractivity (Wildman–Crippen MR) is 76.6 cm³/mol. The summed E-state index contributed by atoms with van der Waals surface area (Å²) in [4.78, 5) is 1.23. The molecule has 18 heavy (non-hydrogen) atoms. The first-order valence-corrected chi connectivity index (χ1v) is 6.98. The van der Waals surface area contributed by atoms with E-state index in [0.29, 0.717) is 6.54 Å².